The second kappa shape index (κ2) is 12.0. The van der Waals surface area contributed by atoms with Crippen molar-refractivity contribution in [3.8, 4) is 0 Å². The minimum absolute atomic E-state index is 0.0680. The van der Waals surface area contributed by atoms with Crippen LogP contribution in [0.25, 0.3) is 0 Å². The molecule has 0 atom stereocenters. The molecule has 0 unspecified atom stereocenters. The molecule has 2 saturated heterocycles. The van der Waals surface area contributed by atoms with Gasteiger partial charge < -0.3 is 25.3 Å². The topological polar surface area (TPSA) is 76.6 Å². The maximum Gasteiger partial charge on any atom is 0.254 e. The molecule has 0 radical (unpaired) electrons. The molecule has 37 heavy (non-hydrogen) atoms. The summed E-state index contributed by atoms with van der Waals surface area (Å²) in [7, 11) is 4.36. The van der Waals surface area contributed by atoms with Crippen molar-refractivity contribution in [1.82, 2.24) is 30.4 Å². The SMILES string of the molecule is CNC1CCN(CCCN(C)CC2CCN(c3ncc(C(=O)NC4C(C)(C)CC4(C)C)cn3)CC2)CC1. The summed E-state index contributed by atoms with van der Waals surface area (Å²) < 4.78 is 0. The molecule has 1 aliphatic carbocycles. The van der Waals surface area contributed by atoms with E-state index in [4.69, 9.17) is 0 Å². The molecule has 0 bridgehead atoms. The fraction of sp³-hybridized carbons (Fsp3) is 0.828. The first-order valence-electron chi connectivity index (χ1n) is 14.5. The van der Waals surface area contributed by atoms with Crippen LogP contribution in [0.15, 0.2) is 12.4 Å². The molecule has 208 valence electrons. The van der Waals surface area contributed by atoms with Gasteiger partial charge in [-0.05, 0) is 95.5 Å². The number of carbonyl (C=O) groups is 1. The van der Waals surface area contributed by atoms with Crippen molar-refractivity contribution in [3.63, 3.8) is 0 Å². The molecule has 1 aromatic heterocycles. The van der Waals surface area contributed by atoms with Gasteiger partial charge in [0.25, 0.3) is 5.91 Å². The van der Waals surface area contributed by atoms with E-state index in [0.717, 1.165) is 31.4 Å². The van der Waals surface area contributed by atoms with Crippen LogP contribution in [-0.2, 0) is 0 Å². The molecule has 1 saturated carbocycles. The largest absolute Gasteiger partial charge is 0.348 e. The number of hydrogen-bond donors (Lipinski definition) is 2. The molecule has 3 fully saturated rings. The van der Waals surface area contributed by atoms with Crippen LogP contribution in [0.1, 0.15) is 76.6 Å². The van der Waals surface area contributed by atoms with Gasteiger partial charge in [-0.3, -0.25) is 4.79 Å². The lowest BCUT2D eigenvalue weighted by molar-refractivity contribution is -0.0366. The van der Waals surface area contributed by atoms with Crippen molar-refractivity contribution in [2.24, 2.45) is 16.7 Å². The Kier molecular flexibility index (Phi) is 9.13. The highest BCUT2D eigenvalue weighted by atomic mass is 16.1. The van der Waals surface area contributed by atoms with Crippen LogP contribution in [0.3, 0.4) is 0 Å². The number of rotatable bonds is 10. The maximum absolute atomic E-state index is 12.8. The molecule has 1 aromatic rings. The average molecular weight is 514 g/mol. The van der Waals surface area contributed by atoms with Crippen LogP contribution in [0.2, 0.25) is 0 Å². The Balaban J connectivity index is 1.15. The minimum Gasteiger partial charge on any atom is -0.348 e. The Morgan fingerprint density at radius 2 is 1.65 bits per heavy atom. The highest BCUT2D eigenvalue weighted by Crippen LogP contribution is 2.53. The molecule has 8 nitrogen and oxygen atoms in total. The van der Waals surface area contributed by atoms with Gasteiger partial charge in [0.2, 0.25) is 5.95 Å². The van der Waals surface area contributed by atoms with Gasteiger partial charge in [-0.15, -0.1) is 0 Å². The molecule has 3 heterocycles. The van der Waals surface area contributed by atoms with Crippen LogP contribution in [0, 0.1) is 16.7 Å². The van der Waals surface area contributed by atoms with Gasteiger partial charge in [0.15, 0.2) is 0 Å². The van der Waals surface area contributed by atoms with E-state index in [1.165, 1.54) is 64.8 Å². The fourth-order valence-electron chi connectivity index (χ4n) is 7.37. The predicted molar refractivity (Wildman–Crippen MR) is 151 cm³/mol. The number of hydrogen-bond acceptors (Lipinski definition) is 7. The smallest absolute Gasteiger partial charge is 0.254 e. The van der Waals surface area contributed by atoms with Crippen molar-refractivity contribution < 1.29 is 4.79 Å². The van der Waals surface area contributed by atoms with Crippen molar-refractivity contribution >= 4 is 11.9 Å². The lowest BCUT2D eigenvalue weighted by atomic mass is 9.52. The van der Waals surface area contributed by atoms with Crippen molar-refractivity contribution in [1.29, 1.82) is 0 Å². The summed E-state index contributed by atoms with van der Waals surface area (Å²) in [4.78, 5) is 29.4. The summed E-state index contributed by atoms with van der Waals surface area (Å²) in [6.45, 7) is 16.9. The van der Waals surface area contributed by atoms with E-state index < -0.39 is 0 Å². The number of amides is 1. The molecule has 0 spiro atoms. The number of carbonyl (C=O) groups excluding carboxylic acids is 1. The summed E-state index contributed by atoms with van der Waals surface area (Å²) in [5.41, 5.74) is 0.800. The summed E-state index contributed by atoms with van der Waals surface area (Å²) >= 11 is 0. The number of anilines is 1. The zero-order valence-corrected chi connectivity index (χ0v) is 24.2. The number of aromatic nitrogens is 2. The Morgan fingerprint density at radius 1 is 1.03 bits per heavy atom. The third kappa shape index (κ3) is 7.21. The summed E-state index contributed by atoms with van der Waals surface area (Å²) in [5.74, 6) is 1.41. The summed E-state index contributed by atoms with van der Waals surface area (Å²) in [6, 6.07) is 0.880. The number of nitrogens with one attached hydrogen (secondary N) is 2. The predicted octanol–water partition coefficient (Wildman–Crippen LogP) is 3.25. The molecule has 0 aromatic carbocycles. The zero-order valence-electron chi connectivity index (χ0n) is 24.2. The molecule has 2 aliphatic heterocycles. The van der Waals surface area contributed by atoms with Crippen LogP contribution in [0.5, 0.6) is 0 Å². The van der Waals surface area contributed by atoms with Crippen LogP contribution >= 0.6 is 0 Å². The first-order valence-corrected chi connectivity index (χ1v) is 14.5. The molecule has 1 amide bonds. The molecular weight excluding hydrogens is 462 g/mol. The maximum atomic E-state index is 12.8. The Labute approximate surface area is 225 Å². The number of nitrogens with zero attached hydrogens (tertiary/aromatic N) is 5. The fourth-order valence-corrected chi connectivity index (χ4v) is 7.37. The van der Waals surface area contributed by atoms with E-state index in [0.29, 0.717) is 11.6 Å². The average Bonchev–Trinajstić information content (AvgIpc) is 2.87. The molecular formula is C29H51N7O. The Morgan fingerprint density at radius 3 is 2.22 bits per heavy atom. The minimum atomic E-state index is -0.0680. The quantitative estimate of drug-likeness (QED) is 0.497. The van der Waals surface area contributed by atoms with E-state index in [1.807, 2.05) is 0 Å². The Bertz CT molecular complexity index is 857. The standard InChI is InChI=1S/C29H51N7O/c1-28(2)21-29(3,4)26(28)33-25(37)23-18-31-27(32-19-23)36-16-8-22(9-17-36)20-34(6)12-7-13-35-14-10-24(30-5)11-15-35/h18-19,22,24,26,30H,7-17,20-21H2,1-6H3,(H,33,37). The monoisotopic (exact) mass is 513 g/mol. The lowest BCUT2D eigenvalue weighted by Crippen LogP contribution is -2.63. The third-order valence-corrected chi connectivity index (χ3v) is 9.13. The van der Waals surface area contributed by atoms with Gasteiger partial charge in [0, 0.05) is 44.1 Å². The van der Waals surface area contributed by atoms with Gasteiger partial charge in [-0.2, -0.15) is 0 Å². The Hall–Kier alpha value is -1.77. The lowest BCUT2D eigenvalue weighted by Gasteiger charge is -2.57. The van der Waals surface area contributed by atoms with Gasteiger partial charge in [-0.25, -0.2) is 9.97 Å². The van der Waals surface area contributed by atoms with E-state index >= 15 is 0 Å². The first kappa shape index (κ1) is 28.2. The van der Waals surface area contributed by atoms with Crippen LogP contribution in [-0.4, -0.2) is 97.7 Å². The van der Waals surface area contributed by atoms with Gasteiger partial charge in [-0.1, -0.05) is 27.7 Å². The van der Waals surface area contributed by atoms with Gasteiger partial charge in [0.05, 0.1) is 5.56 Å². The normalized spacial score (nSPS) is 23.3. The molecule has 8 heteroatoms. The van der Waals surface area contributed by atoms with Crippen LogP contribution in [0.4, 0.5) is 5.95 Å². The van der Waals surface area contributed by atoms with E-state index in [1.54, 1.807) is 12.4 Å². The van der Waals surface area contributed by atoms with Crippen LogP contribution < -0.4 is 15.5 Å². The summed E-state index contributed by atoms with van der Waals surface area (Å²) in [6.07, 6.45) is 10.6. The first-order chi connectivity index (χ1) is 17.6. The summed E-state index contributed by atoms with van der Waals surface area (Å²) in [5, 5.41) is 6.65. The van der Waals surface area contributed by atoms with Crippen molar-refractivity contribution in [2.75, 3.05) is 64.8 Å². The van der Waals surface area contributed by atoms with Gasteiger partial charge >= 0.3 is 0 Å². The van der Waals surface area contributed by atoms with Crippen molar-refractivity contribution in [2.45, 2.75) is 78.3 Å². The van der Waals surface area contributed by atoms with E-state index in [-0.39, 0.29) is 22.8 Å². The van der Waals surface area contributed by atoms with E-state index in [9.17, 15) is 4.79 Å². The number of piperidine rings is 2. The van der Waals surface area contributed by atoms with Gasteiger partial charge in [0.1, 0.15) is 0 Å². The second-order valence-electron chi connectivity index (χ2n) is 13.3. The highest BCUT2D eigenvalue weighted by Gasteiger charge is 2.53. The zero-order chi connectivity index (χ0) is 26.6. The number of likely N-dealkylation sites (tertiary alicyclic amines) is 1. The molecule has 2 N–H and O–H groups in total. The third-order valence-electron chi connectivity index (χ3n) is 9.13. The second-order valence-corrected chi connectivity index (χ2v) is 13.3. The molecule has 4 rings (SSSR count). The molecule has 3 aliphatic rings. The van der Waals surface area contributed by atoms with E-state index in [2.05, 4.69) is 77.1 Å². The van der Waals surface area contributed by atoms with Crippen molar-refractivity contribution in [3.05, 3.63) is 18.0 Å². The highest BCUT2D eigenvalue weighted by molar-refractivity contribution is 5.94.